The highest BCUT2D eigenvalue weighted by Gasteiger charge is 2.01. The highest BCUT2D eigenvalue weighted by Crippen LogP contribution is 2.19. The number of hydrogen-bond acceptors (Lipinski definition) is 3. The van der Waals surface area contributed by atoms with Gasteiger partial charge in [0, 0.05) is 17.7 Å². The normalized spacial score (nSPS) is 11.2. The van der Waals surface area contributed by atoms with Crippen LogP contribution in [-0.4, -0.2) is 16.9 Å². The van der Waals surface area contributed by atoms with Crippen molar-refractivity contribution < 1.29 is 14.7 Å². The molecular formula is C20H30O3S. The van der Waals surface area contributed by atoms with Gasteiger partial charge in [0.15, 0.2) is 5.78 Å². The number of carbonyl (C=O) groups excluding carboxylic acids is 1. The second-order valence-corrected chi connectivity index (χ2v) is 7.26. The Morgan fingerprint density at radius 1 is 1.04 bits per heavy atom. The lowest BCUT2D eigenvalue weighted by atomic mass is 10.1. The van der Waals surface area contributed by atoms with Crippen LogP contribution in [0.15, 0.2) is 17.5 Å². The first kappa shape index (κ1) is 20.6. The number of thiophene rings is 1. The van der Waals surface area contributed by atoms with Gasteiger partial charge in [0.25, 0.3) is 0 Å². The highest BCUT2D eigenvalue weighted by molar-refractivity contribution is 7.10. The molecule has 0 atom stereocenters. The number of aliphatic carboxylic acids is 1. The fourth-order valence-electron chi connectivity index (χ4n) is 2.54. The van der Waals surface area contributed by atoms with E-state index < -0.39 is 5.97 Å². The van der Waals surface area contributed by atoms with Crippen molar-refractivity contribution in [2.45, 2.75) is 77.6 Å². The molecule has 24 heavy (non-hydrogen) atoms. The van der Waals surface area contributed by atoms with Crippen molar-refractivity contribution in [2.24, 2.45) is 0 Å². The second kappa shape index (κ2) is 12.9. The zero-order chi connectivity index (χ0) is 17.6. The molecule has 1 heterocycles. The van der Waals surface area contributed by atoms with E-state index >= 15 is 0 Å². The maximum Gasteiger partial charge on any atom is 0.303 e. The number of rotatable bonds is 14. The van der Waals surface area contributed by atoms with Gasteiger partial charge in [-0.25, -0.2) is 0 Å². The van der Waals surface area contributed by atoms with Crippen LogP contribution in [0.1, 0.15) is 81.6 Å². The Morgan fingerprint density at radius 3 is 2.50 bits per heavy atom. The van der Waals surface area contributed by atoms with Gasteiger partial charge in [0.1, 0.15) is 0 Å². The number of hydrogen-bond donors (Lipinski definition) is 1. The monoisotopic (exact) mass is 350 g/mol. The minimum absolute atomic E-state index is 0.220. The van der Waals surface area contributed by atoms with E-state index in [4.69, 9.17) is 5.11 Å². The third-order valence-corrected chi connectivity index (χ3v) is 4.99. The van der Waals surface area contributed by atoms with E-state index in [0.717, 1.165) is 63.4 Å². The first-order valence-electron chi connectivity index (χ1n) is 9.12. The summed E-state index contributed by atoms with van der Waals surface area (Å²) in [4.78, 5) is 23.5. The first-order valence-corrected chi connectivity index (χ1v) is 10.00. The van der Waals surface area contributed by atoms with Crippen molar-refractivity contribution in [1.82, 2.24) is 0 Å². The van der Waals surface area contributed by atoms with E-state index in [9.17, 15) is 9.59 Å². The van der Waals surface area contributed by atoms with Gasteiger partial charge in [0.2, 0.25) is 0 Å². The van der Waals surface area contributed by atoms with Crippen LogP contribution in [0.4, 0.5) is 0 Å². The number of aryl methyl sites for hydroxylation is 1. The van der Waals surface area contributed by atoms with Gasteiger partial charge in [-0.2, -0.15) is 0 Å². The molecule has 0 saturated carbocycles. The number of carbonyl (C=O) groups is 2. The molecule has 0 saturated heterocycles. The van der Waals surface area contributed by atoms with Crippen LogP contribution < -0.4 is 0 Å². The van der Waals surface area contributed by atoms with E-state index in [2.05, 4.69) is 18.4 Å². The van der Waals surface area contributed by atoms with Gasteiger partial charge in [-0.3, -0.25) is 9.59 Å². The Bertz CT molecular complexity index is 517. The van der Waals surface area contributed by atoms with E-state index in [1.165, 1.54) is 4.88 Å². The molecule has 4 heteroatoms. The topological polar surface area (TPSA) is 54.4 Å². The molecule has 0 aliphatic heterocycles. The summed E-state index contributed by atoms with van der Waals surface area (Å²) in [5.41, 5.74) is 1.13. The van der Waals surface area contributed by atoms with Crippen LogP contribution in [0, 0.1) is 0 Å². The molecule has 0 unspecified atom stereocenters. The zero-order valence-corrected chi connectivity index (χ0v) is 15.6. The SMILES string of the molecule is CCCCCC(=O)/C=C/c1csc(CCCCCCCC(=O)O)c1. The predicted octanol–water partition coefficient (Wildman–Crippen LogP) is 5.88. The predicted molar refractivity (Wildman–Crippen MR) is 102 cm³/mol. The minimum atomic E-state index is -0.696. The summed E-state index contributed by atoms with van der Waals surface area (Å²) in [6.45, 7) is 2.14. The van der Waals surface area contributed by atoms with Crippen molar-refractivity contribution in [2.75, 3.05) is 0 Å². The van der Waals surface area contributed by atoms with Crippen molar-refractivity contribution >= 4 is 29.2 Å². The highest BCUT2D eigenvalue weighted by atomic mass is 32.1. The van der Waals surface area contributed by atoms with Gasteiger partial charge in [0.05, 0.1) is 0 Å². The van der Waals surface area contributed by atoms with Crippen molar-refractivity contribution in [3.8, 4) is 0 Å². The average Bonchev–Trinajstić information content (AvgIpc) is 3.00. The smallest absolute Gasteiger partial charge is 0.303 e. The number of allylic oxidation sites excluding steroid dienone is 1. The molecule has 0 fully saturated rings. The van der Waals surface area contributed by atoms with Gasteiger partial charge in [-0.05, 0) is 48.8 Å². The molecule has 0 aliphatic carbocycles. The molecule has 0 bridgehead atoms. The van der Waals surface area contributed by atoms with Crippen LogP contribution >= 0.6 is 11.3 Å². The number of unbranched alkanes of at least 4 members (excludes halogenated alkanes) is 6. The van der Waals surface area contributed by atoms with Crippen LogP contribution in [0.2, 0.25) is 0 Å². The third-order valence-electron chi connectivity index (χ3n) is 3.98. The fourth-order valence-corrected chi connectivity index (χ4v) is 3.44. The van der Waals surface area contributed by atoms with Gasteiger partial charge in [-0.15, -0.1) is 11.3 Å². The summed E-state index contributed by atoms with van der Waals surface area (Å²) in [6, 6.07) is 2.17. The van der Waals surface area contributed by atoms with E-state index in [1.54, 1.807) is 17.4 Å². The third kappa shape index (κ3) is 10.4. The molecule has 1 aromatic heterocycles. The van der Waals surface area contributed by atoms with E-state index in [-0.39, 0.29) is 12.2 Å². The van der Waals surface area contributed by atoms with Gasteiger partial charge < -0.3 is 5.11 Å². The molecule has 0 aliphatic rings. The zero-order valence-electron chi connectivity index (χ0n) is 14.8. The van der Waals surface area contributed by atoms with Gasteiger partial charge in [-0.1, -0.05) is 45.1 Å². The molecule has 0 aromatic carbocycles. The van der Waals surface area contributed by atoms with Crippen LogP contribution in [0.25, 0.3) is 6.08 Å². The fraction of sp³-hybridized carbons (Fsp3) is 0.600. The molecule has 3 nitrogen and oxygen atoms in total. The Morgan fingerprint density at radius 2 is 1.75 bits per heavy atom. The first-order chi connectivity index (χ1) is 11.6. The van der Waals surface area contributed by atoms with E-state index in [1.807, 2.05) is 6.08 Å². The molecule has 1 rings (SSSR count). The lowest BCUT2D eigenvalue weighted by molar-refractivity contribution is -0.137. The summed E-state index contributed by atoms with van der Waals surface area (Å²) in [6.07, 6.45) is 14.1. The van der Waals surface area contributed by atoms with E-state index in [0.29, 0.717) is 6.42 Å². The second-order valence-electron chi connectivity index (χ2n) is 6.26. The summed E-state index contributed by atoms with van der Waals surface area (Å²) >= 11 is 1.75. The summed E-state index contributed by atoms with van der Waals surface area (Å²) in [7, 11) is 0. The number of carboxylic acid groups (broad SMARTS) is 1. The lowest BCUT2D eigenvalue weighted by Crippen LogP contribution is -1.93. The van der Waals surface area contributed by atoms with Crippen molar-refractivity contribution in [3.63, 3.8) is 0 Å². The maximum absolute atomic E-state index is 11.7. The summed E-state index contributed by atoms with van der Waals surface area (Å²) in [5.74, 6) is -0.476. The average molecular weight is 351 g/mol. The molecular weight excluding hydrogens is 320 g/mol. The largest absolute Gasteiger partial charge is 0.481 e. The summed E-state index contributed by atoms with van der Waals surface area (Å²) in [5, 5.41) is 10.7. The van der Waals surface area contributed by atoms with Crippen molar-refractivity contribution in [3.05, 3.63) is 28.0 Å². The quantitative estimate of drug-likeness (QED) is 0.337. The number of carboxylic acids is 1. The van der Waals surface area contributed by atoms with Crippen LogP contribution in [0.3, 0.4) is 0 Å². The van der Waals surface area contributed by atoms with Crippen LogP contribution in [0.5, 0.6) is 0 Å². The number of ketones is 1. The molecule has 1 N–H and O–H groups in total. The Hall–Kier alpha value is -1.42. The molecule has 134 valence electrons. The molecule has 0 spiro atoms. The van der Waals surface area contributed by atoms with Gasteiger partial charge >= 0.3 is 5.97 Å². The Kier molecular flexibility index (Phi) is 11.1. The lowest BCUT2D eigenvalue weighted by Gasteiger charge is -1.99. The molecule has 1 aromatic rings. The maximum atomic E-state index is 11.7. The summed E-state index contributed by atoms with van der Waals surface area (Å²) < 4.78 is 0. The Balaban J connectivity index is 2.16. The standard InChI is InChI=1S/C20H30O3S/c1-2-3-7-10-18(21)14-13-17-15-19(24-16-17)11-8-5-4-6-9-12-20(22)23/h13-16H,2-12H2,1H3,(H,22,23)/b14-13+. The molecule has 0 radical (unpaired) electrons. The Labute approximate surface area is 149 Å². The molecule has 0 amide bonds. The van der Waals surface area contributed by atoms with Crippen molar-refractivity contribution in [1.29, 1.82) is 0 Å². The van der Waals surface area contributed by atoms with Crippen LogP contribution in [-0.2, 0) is 16.0 Å². The minimum Gasteiger partial charge on any atom is -0.481 e.